The van der Waals surface area contributed by atoms with Crippen LogP contribution in [-0.4, -0.2) is 43.4 Å². The van der Waals surface area contributed by atoms with Gasteiger partial charge in [-0.25, -0.2) is 9.97 Å². The second kappa shape index (κ2) is 9.34. The van der Waals surface area contributed by atoms with Crippen LogP contribution >= 0.6 is 15.9 Å². The van der Waals surface area contributed by atoms with E-state index >= 15 is 0 Å². The van der Waals surface area contributed by atoms with Gasteiger partial charge in [-0.1, -0.05) is 22.0 Å². The standard InChI is InChI=1S/C24H18BrF3N6O2/c25-18-10-14(24(26,27)28)4-3-13(18)11-31-22(35)20-17-6-9-34(12-19(17)32-33-20)23(36)16-5-8-30-21-15(16)2-1-7-29-21/h1-5,7-8,10H,6,9,11-12H2,(H,31,35)(H,32,33). The molecule has 184 valence electrons. The van der Waals surface area contributed by atoms with Gasteiger partial charge < -0.3 is 10.2 Å². The van der Waals surface area contributed by atoms with E-state index in [1.807, 2.05) is 0 Å². The Kier molecular flexibility index (Phi) is 6.20. The fourth-order valence-electron chi connectivity index (χ4n) is 4.14. The summed E-state index contributed by atoms with van der Waals surface area (Å²) in [5.41, 5.74) is 2.28. The molecular weight excluding hydrogens is 541 g/mol. The molecule has 4 aromatic rings. The lowest BCUT2D eigenvalue weighted by Gasteiger charge is -2.27. The smallest absolute Gasteiger partial charge is 0.347 e. The van der Waals surface area contributed by atoms with Gasteiger partial charge in [-0.3, -0.25) is 14.7 Å². The number of rotatable bonds is 4. The Morgan fingerprint density at radius 3 is 2.72 bits per heavy atom. The van der Waals surface area contributed by atoms with Gasteiger partial charge in [-0.2, -0.15) is 18.3 Å². The fraction of sp³-hybridized carbons (Fsp3) is 0.208. The van der Waals surface area contributed by atoms with Crippen molar-refractivity contribution in [3.05, 3.63) is 86.9 Å². The first-order valence-electron chi connectivity index (χ1n) is 10.9. The number of amides is 2. The van der Waals surface area contributed by atoms with Gasteiger partial charge in [-0.15, -0.1) is 0 Å². The Morgan fingerprint density at radius 1 is 1.14 bits per heavy atom. The second-order valence-electron chi connectivity index (χ2n) is 8.23. The third-order valence-electron chi connectivity index (χ3n) is 6.00. The molecule has 8 nitrogen and oxygen atoms in total. The summed E-state index contributed by atoms with van der Waals surface area (Å²) < 4.78 is 38.9. The minimum Gasteiger partial charge on any atom is -0.347 e. The predicted molar refractivity (Wildman–Crippen MR) is 127 cm³/mol. The van der Waals surface area contributed by atoms with E-state index in [1.165, 1.54) is 6.07 Å². The molecule has 4 heterocycles. The molecule has 5 rings (SSSR count). The number of pyridine rings is 2. The van der Waals surface area contributed by atoms with Crippen molar-refractivity contribution in [2.45, 2.75) is 25.7 Å². The molecule has 2 N–H and O–H groups in total. The van der Waals surface area contributed by atoms with Crippen LogP contribution < -0.4 is 5.32 Å². The molecule has 36 heavy (non-hydrogen) atoms. The number of carbonyl (C=O) groups excluding carboxylic acids is 2. The average molecular weight is 559 g/mol. The van der Waals surface area contributed by atoms with Crippen molar-refractivity contribution < 1.29 is 22.8 Å². The van der Waals surface area contributed by atoms with Crippen molar-refractivity contribution in [1.29, 1.82) is 0 Å². The first kappa shape index (κ1) is 23.9. The highest BCUT2D eigenvalue weighted by Gasteiger charge is 2.31. The molecule has 1 aliphatic rings. The SMILES string of the molecule is O=C(NCc1ccc(C(F)(F)F)cc1Br)c1n[nH]c2c1CCN(C(=O)c1ccnc3ncccc13)C2. The van der Waals surface area contributed by atoms with Gasteiger partial charge >= 0.3 is 6.18 Å². The molecule has 1 aromatic carbocycles. The quantitative estimate of drug-likeness (QED) is 0.389. The lowest BCUT2D eigenvalue weighted by molar-refractivity contribution is -0.137. The molecule has 0 unspecified atom stereocenters. The van der Waals surface area contributed by atoms with Crippen molar-refractivity contribution in [2.75, 3.05) is 6.54 Å². The van der Waals surface area contributed by atoms with Crippen LogP contribution in [0, 0.1) is 0 Å². The Bertz CT molecular complexity index is 1480. The van der Waals surface area contributed by atoms with Crippen LogP contribution in [0.2, 0.25) is 0 Å². The Labute approximate surface area is 211 Å². The molecule has 12 heteroatoms. The van der Waals surface area contributed by atoms with E-state index in [4.69, 9.17) is 0 Å². The zero-order valence-corrected chi connectivity index (χ0v) is 20.2. The van der Waals surface area contributed by atoms with E-state index in [0.29, 0.717) is 46.4 Å². The van der Waals surface area contributed by atoms with E-state index in [-0.39, 0.29) is 29.2 Å². The van der Waals surface area contributed by atoms with Gasteiger partial charge in [0.05, 0.1) is 23.4 Å². The molecule has 0 fully saturated rings. The van der Waals surface area contributed by atoms with E-state index in [1.54, 1.807) is 35.5 Å². The molecule has 1 aliphatic heterocycles. The molecular formula is C24H18BrF3N6O2. The van der Waals surface area contributed by atoms with Crippen LogP contribution in [-0.2, 0) is 25.7 Å². The molecule has 2 amide bonds. The number of hydrogen-bond donors (Lipinski definition) is 2. The summed E-state index contributed by atoms with van der Waals surface area (Å²) in [6.07, 6.45) is -0.865. The number of carbonyl (C=O) groups is 2. The predicted octanol–water partition coefficient (Wildman–Crippen LogP) is 4.26. The number of nitrogens with one attached hydrogen (secondary N) is 2. The van der Waals surface area contributed by atoms with E-state index < -0.39 is 17.6 Å². The minimum atomic E-state index is -4.45. The summed E-state index contributed by atoms with van der Waals surface area (Å²) in [5.74, 6) is -0.626. The van der Waals surface area contributed by atoms with E-state index in [0.717, 1.165) is 12.1 Å². The highest BCUT2D eigenvalue weighted by atomic mass is 79.9. The molecule has 0 radical (unpaired) electrons. The summed E-state index contributed by atoms with van der Waals surface area (Å²) in [7, 11) is 0. The summed E-state index contributed by atoms with van der Waals surface area (Å²) >= 11 is 3.13. The highest BCUT2D eigenvalue weighted by molar-refractivity contribution is 9.10. The topological polar surface area (TPSA) is 104 Å². The van der Waals surface area contributed by atoms with Crippen molar-refractivity contribution >= 4 is 38.8 Å². The number of alkyl halides is 3. The maximum absolute atomic E-state index is 13.2. The number of nitrogens with zero attached hydrogens (tertiary/aromatic N) is 4. The average Bonchev–Trinajstić information content (AvgIpc) is 3.30. The van der Waals surface area contributed by atoms with Gasteiger partial charge in [0.25, 0.3) is 11.8 Å². The second-order valence-corrected chi connectivity index (χ2v) is 9.08. The summed E-state index contributed by atoms with van der Waals surface area (Å²) in [6.45, 7) is 0.663. The Balaban J connectivity index is 1.28. The first-order chi connectivity index (χ1) is 17.2. The van der Waals surface area contributed by atoms with Crippen LogP contribution in [0.1, 0.15) is 43.2 Å². The lowest BCUT2D eigenvalue weighted by Crippen LogP contribution is -2.36. The maximum atomic E-state index is 13.2. The molecule has 0 saturated carbocycles. The molecule has 0 spiro atoms. The van der Waals surface area contributed by atoms with E-state index in [2.05, 4.69) is 41.4 Å². The van der Waals surface area contributed by atoms with Crippen molar-refractivity contribution in [3.8, 4) is 0 Å². The lowest BCUT2D eigenvalue weighted by atomic mass is 10.0. The third kappa shape index (κ3) is 4.55. The first-order valence-corrected chi connectivity index (χ1v) is 11.7. The Morgan fingerprint density at radius 2 is 1.94 bits per heavy atom. The van der Waals surface area contributed by atoms with Crippen LogP contribution in [0.3, 0.4) is 0 Å². The fourth-order valence-corrected chi connectivity index (χ4v) is 4.66. The molecule has 0 saturated heterocycles. The third-order valence-corrected chi connectivity index (χ3v) is 6.74. The number of fused-ring (bicyclic) bond motifs is 2. The summed E-state index contributed by atoms with van der Waals surface area (Å²) in [5, 5.41) is 10.4. The number of halogens is 4. The maximum Gasteiger partial charge on any atom is 0.416 e. The van der Waals surface area contributed by atoms with Gasteiger partial charge in [0.15, 0.2) is 11.3 Å². The van der Waals surface area contributed by atoms with Gasteiger partial charge in [0.2, 0.25) is 0 Å². The van der Waals surface area contributed by atoms with Crippen molar-refractivity contribution in [2.24, 2.45) is 0 Å². The Hall–Kier alpha value is -3.80. The van der Waals surface area contributed by atoms with Crippen molar-refractivity contribution in [1.82, 2.24) is 30.4 Å². The van der Waals surface area contributed by atoms with Gasteiger partial charge in [0.1, 0.15) is 0 Å². The zero-order valence-electron chi connectivity index (χ0n) is 18.6. The number of benzene rings is 1. The normalized spacial score (nSPS) is 13.5. The van der Waals surface area contributed by atoms with Gasteiger partial charge in [0, 0.05) is 40.9 Å². The van der Waals surface area contributed by atoms with Crippen LogP contribution in [0.15, 0.2) is 53.3 Å². The summed E-state index contributed by atoms with van der Waals surface area (Å²) in [4.78, 5) is 36.1. The number of aromatic amines is 1. The number of H-pyrrole nitrogens is 1. The molecule has 0 aliphatic carbocycles. The number of hydrogen-bond acceptors (Lipinski definition) is 5. The number of aromatic nitrogens is 4. The highest BCUT2D eigenvalue weighted by Crippen LogP contribution is 2.32. The molecule has 0 bridgehead atoms. The molecule has 0 atom stereocenters. The van der Waals surface area contributed by atoms with Gasteiger partial charge in [-0.05, 0) is 42.3 Å². The zero-order chi connectivity index (χ0) is 25.4. The van der Waals surface area contributed by atoms with E-state index in [9.17, 15) is 22.8 Å². The summed E-state index contributed by atoms with van der Waals surface area (Å²) in [6, 6.07) is 8.47. The largest absolute Gasteiger partial charge is 0.416 e. The monoisotopic (exact) mass is 558 g/mol. The minimum absolute atomic E-state index is 0.0208. The van der Waals surface area contributed by atoms with Crippen LogP contribution in [0.25, 0.3) is 11.0 Å². The van der Waals surface area contributed by atoms with Crippen LogP contribution in [0.4, 0.5) is 13.2 Å². The van der Waals surface area contributed by atoms with Crippen molar-refractivity contribution in [3.63, 3.8) is 0 Å². The van der Waals surface area contributed by atoms with Crippen LogP contribution in [0.5, 0.6) is 0 Å². The molecule has 3 aromatic heterocycles.